The highest BCUT2D eigenvalue weighted by Gasteiger charge is 2.21. The van der Waals surface area contributed by atoms with Gasteiger partial charge in [-0.3, -0.25) is 0 Å². The van der Waals surface area contributed by atoms with Gasteiger partial charge in [0.25, 0.3) is 0 Å². The van der Waals surface area contributed by atoms with Gasteiger partial charge >= 0.3 is 0 Å². The molecule has 0 aliphatic heterocycles. The third-order valence-electron chi connectivity index (χ3n) is 14.4. The lowest BCUT2D eigenvalue weighted by atomic mass is 9.87. The van der Waals surface area contributed by atoms with Crippen molar-refractivity contribution in [3.05, 3.63) is 131 Å². The Morgan fingerprint density at radius 3 is 1.10 bits per heavy atom. The molecule has 0 aliphatic rings. The third-order valence-corrected chi connectivity index (χ3v) is 14.4. The summed E-state index contributed by atoms with van der Waals surface area (Å²) in [6.07, 6.45) is 1.36. The zero-order chi connectivity index (χ0) is 63.1. The summed E-state index contributed by atoms with van der Waals surface area (Å²) < 4.78 is 107. The molecular weight excluding hydrogens is 1150 g/mol. The second kappa shape index (κ2) is 42.9. The van der Waals surface area contributed by atoms with E-state index in [4.69, 9.17) is 85.3 Å². The molecule has 0 radical (unpaired) electrons. The van der Waals surface area contributed by atoms with Gasteiger partial charge in [-0.05, 0) is 143 Å². The molecule has 0 bridgehead atoms. The molecule has 0 saturated carbocycles. The minimum atomic E-state index is -0.349. The zero-order valence-electron chi connectivity index (χ0n) is 54.2. The van der Waals surface area contributed by atoms with Gasteiger partial charge in [0.05, 0.1) is 126 Å². The topological polar surface area (TPSA) is 166 Å². The van der Waals surface area contributed by atoms with E-state index in [0.29, 0.717) is 206 Å². The summed E-state index contributed by atoms with van der Waals surface area (Å²) in [6.45, 7) is 25.3. The molecular formula is C72H98O18. The van der Waals surface area contributed by atoms with Crippen molar-refractivity contribution in [3.8, 4) is 34.5 Å². The molecule has 7 aromatic rings. The van der Waals surface area contributed by atoms with Gasteiger partial charge in [0.1, 0.15) is 80.2 Å². The smallest absolute Gasteiger partial charge is 0.123 e. The molecule has 18 heteroatoms. The van der Waals surface area contributed by atoms with Gasteiger partial charge < -0.3 is 85.3 Å². The molecule has 1 unspecified atom stereocenters. The maximum atomic E-state index is 6.61. The molecule has 7 rings (SSSR count). The van der Waals surface area contributed by atoms with Crippen LogP contribution in [0.15, 0.2) is 103 Å². The Labute approximate surface area is 533 Å². The highest BCUT2D eigenvalue weighted by atomic mass is 16.6. The standard InChI is InChI=1S/C72H98O18/c1-7-55-42-65(89-52-56-44-61(84-37-33-80-29-26-77-23-20-73-9-3)49-62(45-56)85-38-34-81-30-27-78-24-21-74-10-4)51-66(43-55)90-53-57-46-63(86-39-35-82-31-28-79-25-22-75-11-5)50-64(47-57)87-40-36-83-54-70(88-41-32-76-12-6)69-48-60-15-13-14-59-17-18-67-58(8-2)16-19-68(69)72(67)71(59)60/h13-19,42-51,70H,7-12,20-41,52-54H2,1-6H3. The van der Waals surface area contributed by atoms with Crippen molar-refractivity contribution in [1.29, 1.82) is 0 Å². The van der Waals surface area contributed by atoms with E-state index in [1.54, 1.807) is 0 Å². The van der Waals surface area contributed by atoms with E-state index in [1.165, 1.54) is 37.9 Å². The van der Waals surface area contributed by atoms with Crippen LogP contribution < -0.4 is 28.4 Å². The maximum Gasteiger partial charge on any atom is 0.123 e. The Hall–Kier alpha value is -6.10. The molecule has 7 aromatic carbocycles. The predicted molar refractivity (Wildman–Crippen MR) is 349 cm³/mol. The van der Waals surface area contributed by atoms with E-state index < -0.39 is 0 Å². The molecule has 1 atom stereocenters. The van der Waals surface area contributed by atoms with Crippen LogP contribution in [0.2, 0.25) is 0 Å². The van der Waals surface area contributed by atoms with Crippen LogP contribution in [0, 0.1) is 0 Å². The van der Waals surface area contributed by atoms with Gasteiger partial charge in [-0.25, -0.2) is 0 Å². The van der Waals surface area contributed by atoms with Crippen molar-refractivity contribution in [1.82, 2.24) is 0 Å². The fraction of sp³-hybridized carbons (Fsp3) is 0.528. The average Bonchev–Trinajstić information content (AvgIpc) is 0.745. The summed E-state index contributed by atoms with van der Waals surface area (Å²) in [5, 5.41) is 7.39. The summed E-state index contributed by atoms with van der Waals surface area (Å²) in [4.78, 5) is 0. The van der Waals surface area contributed by atoms with Crippen LogP contribution in [-0.2, 0) is 82.9 Å². The van der Waals surface area contributed by atoms with Gasteiger partial charge in [-0.2, -0.15) is 0 Å². The van der Waals surface area contributed by atoms with Gasteiger partial charge in [0, 0.05) is 44.6 Å². The number of hydrogen-bond donors (Lipinski definition) is 0. The second-order valence-electron chi connectivity index (χ2n) is 20.8. The van der Waals surface area contributed by atoms with E-state index in [1.807, 2.05) is 82.3 Å². The number of benzene rings is 7. The maximum absolute atomic E-state index is 6.61. The van der Waals surface area contributed by atoms with Crippen molar-refractivity contribution in [3.63, 3.8) is 0 Å². The lowest BCUT2D eigenvalue weighted by Crippen LogP contribution is -2.18. The van der Waals surface area contributed by atoms with Gasteiger partial charge in [0.15, 0.2) is 0 Å². The molecule has 18 nitrogen and oxygen atoms in total. The molecule has 0 heterocycles. The van der Waals surface area contributed by atoms with Gasteiger partial charge in [-0.15, -0.1) is 0 Å². The SMILES string of the molecule is CCOCCOCCOCCOc1cc(COc2cc(CC)cc(OCc3cc(OCCOCCOCCOCC)cc(OCCOCC(OCCOCC)c4cc5cccc6ccc7c(CC)ccc4c7c65)c3)c2)cc(OCCOCCOCCOCC)c1. The van der Waals surface area contributed by atoms with Crippen LogP contribution in [0.25, 0.3) is 32.3 Å². The number of aryl methyl sites for hydroxylation is 2. The summed E-state index contributed by atoms with van der Waals surface area (Å²) in [7, 11) is 0. The van der Waals surface area contributed by atoms with E-state index in [9.17, 15) is 0 Å². The van der Waals surface area contributed by atoms with E-state index in [2.05, 4.69) is 62.4 Å². The van der Waals surface area contributed by atoms with Crippen LogP contribution in [-0.4, -0.2) is 178 Å². The molecule has 0 aliphatic carbocycles. The van der Waals surface area contributed by atoms with E-state index >= 15 is 0 Å². The van der Waals surface area contributed by atoms with Crippen LogP contribution in [0.5, 0.6) is 34.5 Å². The molecule has 0 saturated heterocycles. The van der Waals surface area contributed by atoms with E-state index in [0.717, 1.165) is 35.1 Å². The average molecular weight is 1250 g/mol. The Morgan fingerprint density at radius 1 is 0.289 bits per heavy atom. The predicted octanol–water partition coefficient (Wildman–Crippen LogP) is 12.4. The largest absolute Gasteiger partial charge is 0.491 e. The molecule has 494 valence electrons. The Morgan fingerprint density at radius 2 is 0.667 bits per heavy atom. The van der Waals surface area contributed by atoms with Crippen LogP contribution in [0.4, 0.5) is 0 Å². The number of rotatable bonds is 53. The highest BCUT2D eigenvalue weighted by Crippen LogP contribution is 2.41. The fourth-order valence-electron chi connectivity index (χ4n) is 10.0. The zero-order valence-corrected chi connectivity index (χ0v) is 54.2. The molecule has 0 N–H and O–H groups in total. The normalized spacial score (nSPS) is 12.0. The van der Waals surface area contributed by atoms with Crippen molar-refractivity contribution < 1.29 is 85.3 Å². The second-order valence-corrected chi connectivity index (χ2v) is 20.8. The molecule has 0 aromatic heterocycles. The van der Waals surface area contributed by atoms with Crippen LogP contribution in [0.3, 0.4) is 0 Å². The summed E-state index contributed by atoms with van der Waals surface area (Å²) in [5.74, 6) is 3.78. The summed E-state index contributed by atoms with van der Waals surface area (Å²) >= 11 is 0. The molecule has 0 amide bonds. The van der Waals surface area contributed by atoms with Crippen molar-refractivity contribution in [2.75, 3.05) is 178 Å². The minimum absolute atomic E-state index is 0.223. The first-order valence-corrected chi connectivity index (χ1v) is 32.3. The first-order valence-electron chi connectivity index (χ1n) is 32.3. The monoisotopic (exact) mass is 1250 g/mol. The Kier molecular flexibility index (Phi) is 34.0. The molecule has 0 fully saturated rings. The van der Waals surface area contributed by atoms with Crippen LogP contribution >= 0.6 is 0 Å². The van der Waals surface area contributed by atoms with Gasteiger partial charge in [0.2, 0.25) is 0 Å². The van der Waals surface area contributed by atoms with Crippen LogP contribution in [0.1, 0.15) is 75.5 Å². The highest BCUT2D eigenvalue weighted by molar-refractivity contribution is 6.24. The summed E-state index contributed by atoms with van der Waals surface area (Å²) in [5.41, 5.74) is 5.16. The molecule has 90 heavy (non-hydrogen) atoms. The summed E-state index contributed by atoms with van der Waals surface area (Å²) in [6, 6.07) is 35.3. The minimum Gasteiger partial charge on any atom is -0.491 e. The van der Waals surface area contributed by atoms with E-state index in [-0.39, 0.29) is 25.9 Å². The number of hydrogen-bond acceptors (Lipinski definition) is 18. The first kappa shape index (κ1) is 71.3. The lowest BCUT2D eigenvalue weighted by molar-refractivity contribution is -0.0414. The first-order chi connectivity index (χ1) is 44.4. The lowest BCUT2D eigenvalue weighted by Gasteiger charge is -2.23. The molecule has 0 spiro atoms. The Bertz CT molecular complexity index is 3000. The van der Waals surface area contributed by atoms with Crippen molar-refractivity contribution >= 4 is 32.3 Å². The quantitative estimate of drug-likeness (QED) is 0.0261. The van der Waals surface area contributed by atoms with Gasteiger partial charge in [-0.1, -0.05) is 56.3 Å². The van der Waals surface area contributed by atoms with Crippen molar-refractivity contribution in [2.45, 2.75) is 73.7 Å². The fourth-order valence-corrected chi connectivity index (χ4v) is 10.0. The Balaban J connectivity index is 0.990. The van der Waals surface area contributed by atoms with Crippen molar-refractivity contribution in [2.24, 2.45) is 0 Å². The number of ether oxygens (including phenoxy) is 18. The third kappa shape index (κ3) is 25.2.